The van der Waals surface area contributed by atoms with Gasteiger partial charge in [0, 0.05) is 19.6 Å². The maximum absolute atomic E-state index is 13.6. The molecule has 0 aliphatic carbocycles. The van der Waals surface area contributed by atoms with E-state index < -0.39 is 0 Å². The quantitative estimate of drug-likeness (QED) is 0.775. The lowest BCUT2D eigenvalue weighted by molar-refractivity contribution is -0.124. The summed E-state index contributed by atoms with van der Waals surface area (Å²) in [5.74, 6) is 0.550. The van der Waals surface area contributed by atoms with E-state index in [1.165, 1.54) is 17.8 Å². The molecule has 0 N–H and O–H groups in total. The van der Waals surface area contributed by atoms with Crippen LogP contribution in [-0.4, -0.2) is 47.4 Å². The molecule has 0 spiro atoms. The molecule has 6 nitrogen and oxygen atoms in total. The van der Waals surface area contributed by atoms with Gasteiger partial charge in [-0.3, -0.25) is 14.5 Å². The molecule has 3 aliphatic rings. The van der Waals surface area contributed by atoms with Crippen LogP contribution in [0.2, 0.25) is 0 Å². The smallest absolute Gasteiger partial charge is 0.268 e. The average molecular weight is 411 g/mol. The molecule has 1 unspecified atom stereocenters. The third-order valence-corrected chi connectivity index (χ3v) is 7.27. The number of piperidine rings is 2. The second kappa shape index (κ2) is 7.78. The van der Waals surface area contributed by atoms with Crippen molar-refractivity contribution < 1.29 is 9.59 Å². The van der Waals surface area contributed by atoms with Gasteiger partial charge in [0.05, 0.1) is 6.54 Å². The summed E-state index contributed by atoms with van der Waals surface area (Å²) >= 11 is 1.47. The Labute approximate surface area is 175 Å². The average Bonchev–Trinajstić information content (AvgIpc) is 3.20. The van der Waals surface area contributed by atoms with E-state index in [0.717, 1.165) is 55.9 Å². The summed E-state index contributed by atoms with van der Waals surface area (Å²) in [7, 11) is 0. The van der Waals surface area contributed by atoms with E-state index in [-0.39, 0.29) is 17.9 Å². The highest BCUT2D eigenvalue weighted by atomic mass is 32.1. The van der Waals surface area contributed by atoms with E-state index in [4.69, 9.17) is 4.98 Å². The van der Waals surface area contributed by atoms with Crippen LogP contribution in [0.3, 0.4) is 0 Å². The first-order valence-electron chi connectivity index (χ1n) is 10.6. The monoisotopic (exact) mass is 410 g/mol. The van der Waals surface area contributed by atoms with Crippen molar-refractivity contribution in [2.45, 2.75) is 51.1 Å². The number of thiazole rings is 1. The van der Waals surface area contributed by atoms with Gasteiger partial charge in [-0.05, 0) is 44.1 Å². The van der Waals surface area contributed by atoms with E-state index in [1.54, 1.807) is 9.80 Å². The summed E-state index contributed by atoms with van der Waals surface area (Å²) in [6.45, 7) is 3.05. The fraction of sp³-hybridized carbons (Fsp3) is 0.500. The lowest BCUT2D eigenvalue weighted by atomic mass is 10.0. The Morgan fingerprint density at radius 2 is 1.72 bits per heavy atom. The van der Waals surface area contributed by atoms with Crippen molar-refractivity contribution in [1.29, 1.82) is 0 Å². The van der Waals surface area contributed by atoms with Gasteiger partial charge in [0.2, 0.25) is 0 Å². The van der Waals surface area contributed by atoms with Gasteiger partial charge in [-0.15, -0.1) is 0 Å². The first-order chi connectivity index (χ1) is 14.2. The molecular weight excluding hydrogens is 384 g/mol. The molecule has 2 amide bonds. The van der Waals surface area contributed by atoms with E-state index in [2.05, 4.69) is 4.90 Å². The Hall–Kier alpha value is -2.41. The second-order valence-corrected chi connectivity index (χ2v) is 9.09. The first kappa shape index (κ1) is 18.6. The first-order valence-corrected chi connectivity index (χ1v) is 11.5. The molecule has 2 aromatic rings. The number of hydrogen-bond acceptors (Lipinski definition) is 5. The van der Waals surface area contributed by atoms with E-state index in [1.807, 2.05) is 30.3 Å². The highest BCUT2D eigenvalue weighted by Gasteiger charge is 2.43. The van der Waals surface area contributed by atoms with Crippen LogP contribution in [-0.2, 0) is 11.3 Å². The van der Waals surface area contributed by atoms with E-state index >= 15 is 0 Å². The molecule has 1 aromatic carbocycles. The molecule has 2 saturated heterocycles. The van der Waals surface area contributed by atoms with Gasteiger partial charge in [-0.2, -0.15) is 0 Å². The van der Waals surface area contributed by atoms with Crippen molar-refractivity contribution in [3.63, 3.8) is 0 Å². The molecular formula is C22H26N4O2S. The number of anilines is 2. The number of aromatic nitrogens is 1. The molecule has 0 saturated carbocycles. The SMILES string of the molecule is O=C1C2CCCCN2C(=O)c2sc(N3CCCCC3)nc2N1Cc1ccccc1. The third-order valence-electron chi connectivity index (χ3n) is 6.17. The Morgan fingerprint density at radius 1 is 0.966 bits per heavy atom. The van der Waals surface area contributed by atoms with Gasteiger partial charge in [-0.25, -0.2) is 4.98 Å². The lowest BCUT2D eigenvalue weighted by Gasteiger charge is -2.34. The van der Waals surface area contributed by atoms with Crippen LogP contribution < -0.4 is 9.80 Å². The predicted octanol–water partition coefficient (Wildman–Crippen LogP) is 3.67. The maximum Gasteiger partial charge on any atom is 0.268 e. The van der Waals surface area contributed by atoms with Gasteiger partial charge in [0.1, 0.15) is 10.9 Å². The molecule has 1 atom stereocenters. The minimum Gasteiger partial charge on any atom is -0.348 e. The van der Waals surface area contributed by atoms with Crippen molar-refractivity contribution in [3.8, 4) is 0 Å². The molecule has 5 rings (SSSR count). The van der Waals surface area contributed by atoms with Crippen molar-refractivity contribution in [2.24, 2.45) is 0 Å². The van der Waals surface area contributed by atoms with Crippen LogP contribution in [0.4, 0.5) is 10.9 Å². The summed E-state index contributed by atoms with van der Waals surface area (Å²) in [6.07, 6.45) is 6.23. The summed E-state index contributed by atoms with van der Waals surface area (Å²) in [5.41, 5.74) is 1.05. The van der Waals surface area contributed by atoms with Gasteiger partial charge < -0.3 is 9.80 Å². The summed E-state index contributed by atoms with van der Waals surface area (Å²) < 4.78 is 0. The number of rotatable bonds is 3. The highest BCUT2D eigenvalue weighted by Crippen LogP contribution is 2.39. The number of carbonyl (C=O) groups excluding carboxylic acids is 2. The van der Waals surface area contributed by atoms with Crippen molar-refractivity contribution in [1.82, 2.24) is 9.88 Å². The molecule has 29 heavy (non-hydrogen) atoms. The topological polar surface area (TPSA) is 56.8 Å². The highest BCUT2D eigenvalue weighted by molar-refractivity contribution is 7.18. The van der Waals surface area contributed by atoms with Crippen molar-refractivity contribution >= 4 is 34.1 Å². The second-order valence-electron chi connectivity index (χ2n) is 8.12. The van der Waals surface area contributed by atoms with E-state index in [9.17, 15) is 9.59 Å². The van der Waals surface area contributed by atoms with Crippen molar-refractivity contribution in [3.05, 3.63) is 40.8 Å². The predicted molar refractivity (Wildman–Crippen MR) is 114 cm³/mol. The lowest BCUT2D eigenvalue weighted by Crippen LogP contribution is -2.50. The van der Waals surface area contributed by atoms with Gasteiger partial charge >= 0.3 is 0 Å². The zero-order valence-electron chi connectivity index (χ0n) is 16.5. The van der Waals surface area contributed by atoms with Crippen LogP contribution in [0.1, 0.15) is 53.8 Å². The van der Waals surface area contributed by atoms with Crippen LogP contribution in [0, 0.1) is 0 Å². The normalized spacial score (nSPS) is 22.3. The Balaban J connectivity index is 1.57. The molecule has 4 heterocycles. The molecule has 1 aromatic heterocycles. The zero-order chi connectivity index (χ0) is 19.8. The minimum atomic E-state index is -0.361. The fourth-order valence-electron chi connectivity index (χ4n) is 4.61. The van der Waals surface area contributed by atoms with Gasteiger partial charge in [0.25, 0.3) is 11.8 Å². The Kier molecular flexibility index (Phi) is 4.99. The molecule has 7 heteroatoms. The van der Waals surface area contributed by atoms with Crippen molar-refractivity contribution in [2.75, 3.05) is 29.4 Å². The van der Waals surface area contributed by atoms with Crippen LogP contribution in [0.15, 0.2) is 30.3 Å². The Bertz CT molecular complexity index is 907. The minimum absolute atomic E-state index is 0.0103. The third kappa shape index (κ3) is 3.41. The number of hydrogen-bond donors (Lipinski definition) is 0. The largest absolute Gasteiger partial charge is 0.348 e. The fourth-order valence-corrected chi connectivity index (χ4v) is 5.69. The molecule has 2 fully saturated rings. The summed E-state index contributed by atoms with van der Waals surface area (Å²) in [5, 5.41) is 0.879. The van der Waals surface area contributed by atoms with Gasteiger partial charge in [-0.1, -0.05) is 41.7 Å². The van der Waals surface area contributed by atoms with Crippen LogP contribution in [0.25, 0.3) is 0 Å². The molecule has 0 bridgehead atoms. The van der Waals surface area contributed by atoms with Gasteiger partial charge in [0.15, 0.2) is 10.9 Å². The van der Waals surface area contributed by atoms with E-state index in [0.29, 0.717) is 23.8 Å². The standard InChI is InChI=1S/C22H26N4O2S/c27-20-17-11-5-8-14-25(17)21(28)18-19(26(20)15-16-9-3-1-4-10-16)23-22(29-18)24-12-6-2-7-13-24/h1,3-4,9-10,17H,2,5-8,11-15H2. The molecule has 3 aliphatic heterocycles. The van der Waals surface area contributed by atoms with Crippen LogP contribution in [0.5, 0.6) is 0 Å². The summed E-state index contributed by atoms with van der Waals surface area (Å²) in [4.78, 5) is 38.3. The maximum atomic E-state index is 13.6. The number of nitrogens with zero attached hydrogens (tertiary/aromatic N) is 4. The number of fused-ring (bicyclic) bond motifs is 2. The zero-order valence-corrected chi connectivity index (χ0v) is 17.4. The Morgan fingerprint density at radius 3 is 2.52 bits per heavy atom. The van der Waals surface area contributed by atoms with Crippen LogP contribution >= 0.6 is 11.3 Å². The number of amides is 2. The number of benzene rings is 1. The summed E-state index contributed by atoms with van der Waals surface area (Å²) in [6, 6.07) is 9.63. The number of carbonyl (C=O) groups is 2. The molecule has 152 valence electrons. The molecule has 0 radical (unpaired) electrons.